The molecule has 6 rings (SSSR count). The molecule has 0 saturated carbocycles. The number of carbonyl (C=O) groups excluding carboxylic acids is 1. The molecule has 0 saturated heterocycles. The Hall–Kier alpha value is -4.99. The van der Waals surface area contributed by atoms with Gasteiger partial charge < -0.3 is 19.7 Å². The average Bonchev–Trinajstić information content (AvgIpc) is 3.72. The first-order chi connectivity index (χ1) is 23.0. The zero-order chi connectivity index (χ0) is 34.0. The van der Waals surface area contributed by atoms with Gasteiger partial charge >= 0.3 is 5.97 Å². The van der Waals surface area contributed by atoms with Crippen molar-refractivity contribution in [1.29, 1.82) is 0 Å². The molecule has 0 aliphatic carbocycles. The van der Waals surface area contributed by atoms with E-state index in [0.717, 1.165) is 35.8 Å². The number of ether oxygens (including phenoxy) is 1. The van der Waals surface area contributed by atoms with Gasteiger partial charge in [-0.1, -0.05) is 44.5 Å². The fraction of sp³-hybridized carbons (Fsp3) is 0.342. The number of fused-ring (bicyclic) bond motifs is 8. The van der Waals surface area contributed by atoms with Crippen LogP contribution >= 0.6 is 0 Å². The maximum atomic E-state index is 15.6. The van der Waals surface area contributed by atoms with Gasteiger partial charge in [-0.15, -0.1) is 0 Å². The summed E-state index contributed by atoms with van der Waals surface area (Å²) in [7, 11) is 1.80. The topological polar surface area (TPSA) is 100 Å². The number of amides is 1. The Balaban J connectivity index is 1.42. The molecule has 0 spiro atoms. The number of carboxylic acid groups (broad SMARTS) is 1. The first kappa shape index (κ1) is 32.9. The van der Waals surface area contributed by atoms with Gasteiger partial charge in [0.25, 0.3) is 0 Å². The lowest BCUT2D eigenvalue weighted by Gasteiger charge is -2.31. The maximum absolute atomic E-state index is 15.6. The smallest absolute Gasteiger partial charge is 0.303 e. The van der Waals surface area contributed by atoms with Crippen LogP contribution in [0.5, 0.6) is 11.5 Å². The molecule has 2 N–H and O–H groups in total. The van der Waals surface area contributed by atoms with E-state index in [2.05, 4.69) is 18.8 Å². The summed E-state index contributed by atoms with van der Waals surface area (Å²) in [5, 5.41) is 14.8. The molecule has 3 aromatic carbocycles. The third-order valence-electron chi connectivity index (χ3n) is 9.20. The van der Waals surface area contributed by atoms with E-state index in [1.165, 1.54) is 24.3 Å². The summed E-state index contributed by atoms with van der Waals surface area (Å²) >= 11 is 0. The van der Waals surface area contributed by atoms with Crippen molar-refractivity contribution in [2.45, 2.75) is 64.8 Å². The van der Waals surface area contributed by atoms with Crippen LogP contribution in [0, 0.1) is 17.0 Å². The number of carboxylic acids is 1. The number of carbonyl (C=O) groups is 2. The number of halogens is 2. The number of rotatable bonds is 4. The number of aryl methyl sites for hydroxylation is 2. The number of hydrogen-bond acceptors (Lipinski definition) is 4. The second-order valence-electron chi connectivity index (χ2n) is 13.5. The monoisotopic (exact) mass is 654 g/mol. The van der Waals surface area contributed by atoms with E-state index in [4.69, 9.17) is 9.84 Å². The zero-order valence-corrected chi connectivity index (χ0v) is 27.4. The number of H-pyrrole nitrogens is 1. The van der Waals surface area contributed by atoms with E-state index in [1.54, 1.807) is 24.2 Å². The normalized spacial score (nSPS) is 17.2. The summed E-state index contributed by atoms with van der Waals surface area (Å²) < 4.78 is 39.0. The lowest BCUT2D eigenvalue weighted by molar-refractivity contribution is -0.137. The van der Waals surface area contributed by atoms with Crippen molar-refractivity contribution in [3.05, 3.63) is 101 Å². The Labute approximate surface area is 278 Å². The highest BCUT2D eigenvalue weighted by Gasteiger charge is 2.26. The van der Waals surface area contributed by atoms with Gasteiger partial charge in [0.05, 0.1) is 11.7 Å². The molecule has 1 amide bonds. The van der Waals surface area contributed by atoms with Gasteiger partial charge in [-0.2, -0.15) is 5.10 Å². The van der Waals surface area contributed by atoms with E-state index in [0.29, 0.717) is 29.7 Å². The minimum Gasteiger partial charge on any atom is -0.481 e. The number of aromatic nitrogens is 3. The minimum absolute atomic E-state index is 0.00160. The molecule has 1 aliphatic rings. The standard InChI is InChI=1S/C38H40F2N4O4/c1-38(2)17-5-8-34(25-7-4-6-24(20-25)9-14-36(46)47)44-19-16-32(42-44)29-21-26(10-12-30(29)39)48-37-28(11-13-35(45)43(3)23-38)27-15-18-41-33(27)22-31(37)40/h4,6-7,10,12,15-16,18-22,34,41H,5,8-9,11,13-14,17,23H2,1-3H3,(H,46,47). The van der Waals surface area contributed by atoms with Gasteiger partial charge in [0, 0.05) is 66.9 Å². The van der Waals surface area contributed by atoms with Crippen molar-refractivity contribution in [2.24, 2.45) is 5.41 Å². The van der Waals surface area contributed by atoms with Crippen molar-refractivity contribution in [2.75, 3.05) is 13.6 Å². The first-order valence-corrected chi connectivity index (χ1v) is 16.3. The van der Waals surface area contributed by atoms with E-state index in [9.17, 15) is 14.7 Å². The highest BCUT2D eigenvalue weighted by atomic mass is 19.1. The second-order valence-corrected chi connectivity index (χ2v) is 13.5. The van der Waals surface area contributed by atoms with Crippen molar-refractivity contribution in [3.8, 4) is 22.8 Å². The predicted octanol–water partition coefficient (Wildman–Crippen LogP) is 8.31. The minimum atomic E-state index is -0.855. The van der Waals surface area contributed by atoms with Crippen molar-refractivity contribution in [1.82, 2.24) is 19.7 Å². The van der Waals surface area contributed by atoms with Gasteiger partial charge in [0.1, 0.15) is 11.6 Å². The van der Waals surface area contributed by atoms with Crippen LogP contribution < -0.4 is 4.74 Å². The third kappa shape index (κ3) is 7.27. The SMILES string of the molecule is CN1CC(C)(C)CCCC(c2cccc(CCC(=O)O)c2)n2ccc(n2)-c2cc(ccc2F)Oc2c(F)cc3[nH]ccc3c2CCC1=O. The van der Waals surface area contributed by atoms with E-state index in [1.807, 2.05) is 41.2 Å². The van der Waals surface area contributed by atoms with Crippen LogP contribution in [0.25, 0.3) is 22.2 Å². The number of benzene rings is 3. The molecular weight excluding hydrogens is 614 g/mol. The van der Waals surface area contributed by atoms with Crippen LogP contribution in [-0.4, -0.2) is 50.2 Å². The molecule has 0 fully saturated rings. The Morgan fingerprint density at radius 1 is 1.08 bits per heavy atom. The molecular formula is C38H40F2N4O4. The summed E-state index contributed by atoms with van der Waals surface area (Å²) in [6.45, 7) is 4.83. The lowest BCUT2D eigenvalue weighted by atomic mass is 9.85. The summed E-state index contributed by atoms with van der Waals surface area (Å²) in [5.74, 6) is -1.75. The van der Waals surface area contributed by atoms with Gasteiger partial charge in [0.2, 0.25) is 5.91 Å². The van der Waals surface area contributed by atoms with Crippen molar-refractivity contribution < 1.29 is 28.2 Å². The fourth-order valence-electron chi connectivity index (χ4n) is 6.78. The molecule has 3 heterocycles. The van der Waals surface area contributed by atoms with Crippen LogP contribution in [-0.2, 0) is 22.4 Å². The van der Waals surface area contributed by atoms with Crippen molar-refractivity contribution >= 4 is 22.8 Å². The average molecular weight is 655 g/mol. The molecule has 4 bridgehead atoms. The Bertz CT molecular complexity index is 1960. The highest BCUT2D eigenvalue weighted by molar-refractivity contribution is 5.86. The Morgan fingerprint density at radius 3 is 2.73 bits per heavy atom. The van der Waals surface area contributed by atoms with Crippen LogP contribution in [0.15, 0.2) is 73.1 Å². The van der Waals surface area contributed by atoms with Gasteiger partial charge in [-0.05, 0) is 72.6 Å². The molecule has 1 aliphatic heterocycles. The molecule has 5 aromatic rings. The van der Waals surface area contributed by atoms with Crippen LogP contribution in [0.4, 0.5) is 8.78 Å². The number of aromatic amines is 1. The lowest BCUT2D eigenvalue weighted by Crippen LogP contribution is -2.36. The molecule has 8 nitrogen and oxygen atoms in total. The Kier molecular flexibility index (Phi) is 9.35. The molecule has 2 aromatic heterocycles. The second kappa shape index (κ2) is 13.6. The molecule has 48 heavy (non-hydrogen) atoms. The van der Waals surface area contributed by atoms with Gasteiger partial charge in [-0.3, -0.25) is 14.3 Å². The molecule has 250 valence electrons. The molecule has 0 radical (unpaired) electrons. The van der Waals surface area contributed by atoms with Gasteiger partial charge in [-0.25, -0.2) is 8.78 Å². The molecule has 1 unspecified atom stereocenters. The quantitative estimate of drug-likeness (QED) is 0.203. The molecule has 10 heteroatoms. The Morgan fingerprint density at radius 2 is 1.92 bits per heavy atom. The van der Waals surface area contributed by atoms with Crippen molar-refractivity contribution in [3.63, 3.8) is 0 Å². The summed E-state index contributed by atoms with van der Waals surface area (Å²) in [6.07, 6.45) is 6.78. The molecule has 1 atom stereocenters. The summed E-state index contributed by atoms with van der Waals surface area (Å²) in [5.41, 5.74) is 3.47. The highest BCUT2D eigenvalue weighted by Crippen LogP contribution is 2.38. The number of nitrogens with one attached hydrogen (secondary N) is 1. The maximum Gasteiger partial charge on any atom is 0.303 e. The summed E-state index contributed by atoms with van der Waals surface area (Å²) in [6, 6.07) is 16.9. The summed E-state index contributed by atoms with van der Waals surface area (Å²) in [4.78, 5) is 29.5. The number of nitrogens with zero attached hydrogens (tertiary/aromatic N) is 3. The predicted molar refractivity (Wildman–Crippen MR) is 180 cm³/mol. The van der Waals surface area contributed by atoms with Crippen LogP contribution in [0.2, 0.25) is 0 Å². The third-order valence-corrected chi connectivity index (χ3v) is 9.20. The van der Waals surface area contributed by atoms with E-state index < -0.39 is 17.6 Å². The van der Waals surface area contributed by atoms with Gasteiger partial charge in [0.15, 0.2) is 11.6 Å². The van der Waals surface area contributed by atoms with E-state index >= 15 is 8.78 Å². The number of hydrogen-bond donors (Lipinski definition) is 2. The fourth-order valence-corrected chi connectivity index (χ4v) is 6.78. The largest absolute Gasteiger partial charge is 0.481 e. The van der Waals surface area contributed by atoms with E-state index in [-0.39, 0.29) is 53.7 Å². The zero-order valence-electron chi connectivity index (χ0n) is 27.4. The first-order valence-electron chi connectivity index (χ1n) is 16.3. The number of aliphatic carboxylic acids is 1. The van der Waals surface area contributed by atoms with Crippen LogP contribution in [0.1, 0.15) is 68.7 Å². The van der Waals surface area contributed by atoms with Crippen LogP contribution in [0.3, 0.4) is 0 Å².